The van der Waals surface area contributed by atoms with E-state index >= 15 is 0 Å². The van der Waals surface area contributed by atoms with Gasteiger partial charge in [-0.15, -0.1) is 0 Å². The van der Waals surface area contributed by atoms with Gasteiger partial charge in [-0.3, -0.25) is 4.79 Å². The van der Waals surface area contributed by atoms with Gasteiger partial charge in [0.2, 0.25) is 0 Å². The van der Waals surface area contributed by atoms with Crippen LogP contribution in [-0.4, -0.2) is 178 Å². The maximum Gasteiger partial charge on any atom is 0.316 e. The Morgan fingerprint density at radius 3 is 2.13 bits per heavy atom. The molecule has 346 valence electrons. The number of cyclic esters (lactones) is 1. The van der Waals surface area contributed by atoms with E-state index in [-0.39, 0.29) is 43.3 Å². The largest absolute Gasteiger partial charge is 0.480 e. The summed E-state index contributed by atoms with van der Waals surface area (Å²) < 4.78 is 50.4. The maximum atomic E-state index is 14.4. The number of nitrogens with zero attached hydrogens (tertiary/aromatic N) is 4. The van der Waals surface area contributed by atoms with Gasteiger partial charge in [-0.2, -0.15) is 9.97 Å². The molecule has 0 unspecified atom stereocenters. The highest BCUT2D eigenvalue weighted by Crippen LogP contribution is 2.40. The van der Waals surface area contributed by atoms with E-state index in [9.17, 15) is 25.2 Å². The summed E-state index contributed by atoms with van der Waals surface area (Å²) >= 11 is 0. The van der Waals surface area contributed by atoms with Gasteiger partial charge in [0.25, 0.3) is 0 Å². The molecule has 0 saturated carbocycles. The minimum Gasteiger partial charge on any atom is -0.480 e. The summed E-state index contributed by atoms with van der Waals surface area (Å²) in [6.45, 7) is 18.2. The van der Waals surface area contributed by atoms with Gasteiger partial charge in [-0.25, -0.2) is 0 Å². The summed E-state index contributed by atoms with van der Waals surface area (Å²) in [5.41, 5.74) is -4.45. The number of likely N-dealkylation sites (N-methyl/N-ethyl adjacent to an activating group) is 2. The van der Waals surface area contributed by atoms with Gasteiger partial charge in [0, 0.05) is 32.0 Å². The molecule has 17 heteroatoms. The highest BCUT2D eigenvalue weighted by atomic mass is 16.7. The van der Waals surface area contributed by atoms with Crippen molar-refractivity contribution in [1.82, 2.24) is 19.8 Å². The van der Waals surface area contributed by atoms with Gasteiger partial charge in [0.05, 0.1) is 67.1 Å². The third-order valence-electron chi connectivity index (χ3n) is 13.2. The molecule has 1 aromatic heterocycles. The number of aromatic nitrogens is 2. The Kier molecular flexibility index (Phi) is 17.2. The van der Waals surface area contributed by atoms with Gasteiger partial charge in [-0.05, 0) is 94.8 Å². The van der Waals surface area contributed by atoms with Crippen molar-refractivity contribution in [3.63, 3.8) is 0 Å². The fourth-order valence-electron chi connectivity index (χ4n) is 9.48. The van der Waals surface area contributed by atoms with Crippen molar-refractivity contribution >= 4 is 5.97 Å². The van der Waals surface area contributed by atoms with Crippen LogP contribution < -0.4 is 9.47 Å². The Morgan fingerprint density at radius 2 is 1.57 bits per heavy atom. The van der Waals surface area contributed by atoms with E-state index in [1.54, 1.807) is 34.6 Å². The first-order chi connectivity index (χ1) is 27.9. The third kappa shape index (κ3) is 11.4. The van der Waals surface area contributed by atoms with Crippen LogP contribution in [0.5, 0.6) is 11.8 Å². The predicted octanol–water partition coefficient (Wildman–Crippen LogP) is 2.79. The average Bonchev–Trinajstić information content (AvgIpc) is 3.18. The first kappa shape index (κ1) is 50.4. The number of rotatable bonds is 10. The first-order valence-corrected chi connectivity index (χ1v) is 21.5. The van der Waals surface area contributed by atoms with Crippen LogP contribution in [0.4, 0.5) is 0 Å². The van der Waals surface area contributed by atoms with Crippen LogP contribution in [0.2, 0.25) is 0 Å². The van der Waals surface area contributed by atoms with E-state index in [1.165, 1.54) is 33.5 Å². The topological polar surface area (TPSA) is 204 Å². The van der Waals surface area contributed by atoms with Crippen LogP contribution in [0.15, 0.2) is 12.4 Å². The third-order valence-corrected chi connectivity index (χ3v) is 13.2. The van der Waals surface area contributed by atoms with Gasteiger partial charge in [-0.1, -0.05) is 20.8 Å². The normalized spacial score (nSPS) is 44.4. The van der Waals surface area contributed by atoms with E-state index in [2.05, 4.69) is 9.97 Å². The van der Waals surface area contributed by atoms with Crippen molar-refractivity contribution in [3.8, 4) is 11.8 Å². The number of esters is 1. The SMILES string of the molecule is CC[C@H]1OC(=O)[C@H](C)[C@@H](O[C@H]2C[C@@](C)(OC)[C@@H](O)[C@H](C)O2)[C@H](C)[C@@H](O[C@@H]2O[C@H](C)C[C@H](N(C)C)[C@H]2Oc2cnc(OC)nc2)[C@](C)(O)C[C@@H](C)CN(C)[C@H](C)[C@@H](O)[C@]1(C)O. The minimum atomic E-state index is -1.82. The Balaban J connectivity index is 1.87. The molecule has 1 aromatic rings. The number of carbonyl (C=O) groups excluding carboxylic acids is 1. The van der Waals surface area contributed by atoms with Crippen LogP contribution in [0, 0.1) is 17.8 Å². The predicted molar refractivity (Wildman–Crippen MR) is 221 cm³/mol. The van der Waals surface area contributed by atoms with Gasteiger partial charge < -0.3 is 68.1 Å². The number of hydrogen-bond acceptors (Lipinski definition) is 17. The van der Waals surface area contributed by atoms with Crippen molar-refractivity contribution in [1.29, 1.82) is 0 Å². The number of carbonyl (C=O) groups is 1. The summed E-state index contributed by atoms with van der Waals surface area (Å²) in [5.74, 6) is -2.30. The molecule has 60 heavy (non-hydrogen) atoms. The second-order valence-corrected chi connectivity index (χ2v) is 18.7. The lowest BCUT2D eigenvalue weighted by molar-refractivity contribution is -0.316. The number of aliphatic hydroxyl groups is 4. The molecule has 3 fully saturated rings. The van der Waals surface area contributed by atoms with Crippen molar-refractivity contribution in [3.05, 3.63) is 12.4 Å². The minimum absolute atomic E-state index is 0.120. The van der Waals surface area contributed by atoms with E-state index in [4.69, 9.17) is 37.9 Å². The fraction of sp³-hybridized carbons (Fsp3) is 0.884. The summed E-state index contributed by atoms with van der Waals surface area (Å²) in [7, 11) is 8.74. The number of ether oxygens (including phenoxy) is 8. The van der Waals surface area contributed by atoms with Crippen LogP contribution in [0.1, 0.15) is 94.9 Å². The zero-order chi connectivity index (χ0) is 45.1. The molecule has 18 atom stereocenters. The molecule has 0 bridgehead atoms. The number of hydrogen-bond donors (Lipinski definition) is 4. The summed E-state index contributed by atoms with van der Waals surface area (Å²) in [5, 5.41) is 47.4. The Hall–Kier alpha value is -2.29. The molecule has 0 aromatic carbocycles. The van der Waals surface area contributed by atoms with Crippen LogP contribution in [0.3, 0.4) is 0 Å². The van der Waals surface area contributed by atoms with Crippen molar-refractivity contribution in [2.24, 2.45) is 17.8 Å². The molecule has 17 nitrogen and oxygen atoms in total. The lowest BCUT2D eigenvalue weighted by Gasteiger charge is -2.49. The molecule has 3 aliphatic heterocycles. The van der Waals surface area contributed by atoms with E-state index in [0.29, 0.717) is 18.7 Å². The second-order valence-electron chi connectivity index (χ2n) is 18.7. The summed E-state index contributed by atoms with van der Waals surface area (Å²) in [6.07, 6.45) is -4.96. The first-order valence-electron chi connectivity index (χ1n) is 21.5. The zero-order valence-electron chi connectivity index (χ0n) is 38.6. The molecule has 3 saturated heterocycles. The Labute approximate surface area is 357 Å². The molecule has 0 radical (unpaired) electrons. The molecule has 4 N–H and O–H groups in total. The Bertz CT molecular complexity index is 1510. The van der Waals surface area contributed by atoms with E-state index in [1.807, 2.05) is 58.6 Å². The standard InChI is InChI=1S/C43H76N4O13/c1-16-31-43(10,52)35(48)27(6)47(13)22-23(2)18-41(8,51)37(25(4)33(26(5)38(50)58-31)59-32-19-42(9,54-15)36(49)28(7)56-32)60-39-34(30(46(11)12)17-24(3)55-39)57-29-20-44-40(53-14)45-21-29/h20-21,23-28,30-37,39,48-49,51-52H,16-19,22H2,1-15H3/t23-,24-,25+,26-,27-,28+,30+,31-,32+,33+,34-,35-,36+,37-,39+,41-,42-,43-/m1/s1. The van der Waals surface area contributed by atoms with Gasteiger partial charge >= 0.3 is 12.0 Å². The molecular weight excluding hydrogens is 780 g/mol. The molecular formula is C43H76N4O13. The zero-order valence-corrected chi connectivity index (χ0v) is 38.6. The van der Waals surface area contributed by atoms with Crippen molar-refractivity contribution in [2.45, 2.75) is 185 Å². The van der Waals surface area contributed by atoms with Gasteiger partial charge in [0.15, 0.2) is 24.4 Å². The number of aliphatic hydroxyl groups excluding tert-OH is 2. The molecule has 4 rings (SSSR count). The quantitative estimate of drug-likeness (QED) is 0.250. The Morgan fingerprint density at radius 1 is 0.933 bits per heavy atom. The van der Waals surface area contributed by atoms with E-state index < -0.39 is 96.0 Å². The lowest BCUT2D eigenvalue weighted by atomic mass is 9.77. The van der Waals surface area contributed by atoms with E-state index in [0.717, 1.165) is 0 Å². The smallest absolute Gasteiger partial charge is 0.316 e. The second kappa shape index (κ2) is 20.5. The summed E-state index contributed by atoms with van der Waals surface area (Å²) in [6, 6.07) is -0.583. The van der Waals surface area contributed by atoms with Gasteiger partial charge in [0.1, 0.15) is 23.9 Å². The van der Waals surface area contributed by atoms with Crippen molar-refractivity contribution < 1.29 is 63.1 Å². The summed E-state index contributed by atoms with van der Waals surface area (Å²) in [4.78, 5) is 26.9. The van der Waals surface area contributed by atoms with Crippen molar-refractivity contribution in [2.75, 3.05) is 41.9 Å². The molecule has 0 spiro atoms. The monoisotopic (exact) mass is 857 g/mol. The molecule has 4 heterocycles. The van der Waals surface area contributed by atoms with Crippen LogP contribution >= 0.6 is 0 Å². The highest BCUT2D eigenvalue weighted by Gasteiger charge is 2.53. The average molecular weight is 857 g/mol. The maximum absolute atomic E-state index is 14.4. The fourth-order valence-corrected chi connectivity index (χ4v) is 9.48. The molecule has 0 aliphatic carbocycles. The van der Waals surface area contributed by atoms with Crippen LogP contribution in [-0.2, 0) is 33.2 Å². The van der Waals surface area contributed by atoms with Crippen LogP contribution in [0.25, 0.3) is 0 Å². The number of methoxy groups -OCH3 is 2. The lowest BCUT2D eigenvalue weighted by Crippen LogP contribution is -2.61. The highest BCUT2D eigenvalue weighted by molar-refractivity contribution is 5.73. The molecule has 0 amide bonds. The molecule has 3 aliphatic rings.